The highest BCUT2D eigenvalue weighted by atomic mass is 32.2. The number of amides is 2. The molecule has 0 spiro atoms. The number of ether oxygens (including phenoxy) is 2. The van der Waals surface area contributed by atoms with Crippen LogP contribution in [0.5, 0.6) is 5.75 Å². The zero-order valence-electron chi connectivity index (χ0n) is 15.7. The Hall–Kier alpha value is -2.50. The van der Waals surface area contributed by atoms with Gasteiger partial charge in [-0.3, -0.25) is 9.59 Å². The molecule has 2 heterocycles. The molecule has 1 aromatic carbocycles. The Bertz CT molecular complexity index is 908. The number of morpholine rings is 1. The lowest BCUT2D eigenvalue weighted by atomic mass is 10.1. The standard InChI is InChI=1S/C17H22N4O6S/c1-20-16(22)6-4-13(19-20)17(23)18-14-11-12(3-5-15(14)26-2)28(24,25)21-7-9-27-10-8-21/h3,5,11H,4,6-10H2,1-2H3,(H,18,23). The van der Waals surface area contributed by atoms with E-state index in [-0.39, 0.29) is 48.1 Å². The van der Waals surface area contributed by atoms with Crippen LogP contribution in [0.2, 0.25) is 0 Å². The lowest BCUT2D eigenvalue weighted by molar-refractivity contribution is -0.130. The second-order valence-electron chi connectivity index (χ2n) is 6.30. The molecule has 2 aliphatic heterocycles. The molecule has 152 valence electrons. The van der Waals surface area contributed by atoms with Crippen LogP contribution in [0.4, 0.5) is 5.69 Å². The number of nitrogens with one attached hydrogen (secondary N) is 1. The zero-order valence-corrected chi connectivity index (χ0v) is 16.5. The minimum Gasteiger partial charge on any atom is -0.495 e. The van der Waals surface area contributed by atoms with Gasteiger partial charge in [-0.05, 0) is 18.2 Å². The third-order valence-electron chi connectivity index (χ3n) is 4.50. The van der Waals surface area contributed by atoms with Crippen molar-refractivity contribution < 1.29 is 27.5 Å². The minimum atomic E-state index is -3.72. The van der Waals surface area contributed by atoms with Crippen LogP contribution in [0.1, 0.15) is 12.8 Å². The molecule has 28 heavy (non-hydrogen) atoms. The molecule has 0 bridgehead atoms. The smallest absolute Gasteiger partial charge is 0.271 e. The number of rotatable bonds is 5. The Kier molecular flexibility index (Phi) is 5.96. The van der Waals surface area contributed by atoms with Crippen LogP contribution in [0.25, 0.3) is 0 Å². The van der Waals surface area contributed by atoms with Crippen molar-refractivity contribution in [3.05, 3.63) is 18.2 Å². The molecule has 1 N–H and O–H groups in total. The number of hydrogen-bond acceptors (Lipinski definition) is 7. The summed E-state index contributed by atoms with van der Waals surface area (Å²) in [5, 5.41) is 7.73. The van der Waals surface area contributed by atoms with Crippen molar-refractivity contribution in [1.82, 2.24) is 9.31 Å². The van der Waals surface area contributed by atoms with Crippen molar-refractivity contribution in [3.8, 4) is 5.75 Å². The van der Waals surface area contributed by atoms with Gasteiger partial charge in [-0.2, -0.15) is 9.41 Å². The van der Waals surface area contributed by atoms with E-state index < -0.39 is 15.9 Å². The summed E-state index contributed by atoms with van der Waals surface area (Å²) in [6.45, 7) is 1.22. The number of carbonyl (C=O) groups excluding carboxylic acids is 2. The summed E-state index contributed by atoms with van der Waals surface area (Å²) >= 11 is 0. The molecule has 1 aromatic rings. The van der Waals surface area contributed by atoms with Crippen LogP contribution >= 0.6 is 0 Å². The van der Waals surface area contributed by atoms with Crippen molar-refractivity contribution >= 4 is 33.2 Å². The fourth-order valence-corrected chi connectivity index (χ4v) is 4.34. The van der Waals surface area contributed by atoms with E-state index in [9.17, 15) is 18.0 Å². The molecule has 0 unspecified atom stereocenters. The van der Waals surface area contributed by atoms with E-state index in [2.05, 4.69) is 10.4 Å². The van der Waals surface area contributed by atoms with Crippen molar-refractivity contribution in [2.45, 2.75) is 17.7 Å². The quantitative estimate of drug-likeness (QED) is 0.744. The Morgan fingerprint density at radius 3 is 2.61 bits per heavy atom. The molecular weight excluding hydrogens is 388 g/mol. The van der Waals surface area contributed by atoms with Gasteiger partial charge in [0.1, 0.15) is 11.5 Å². The molecular formula is C17H22N4O6S. The molecule has 10 nitrogen and oxygen atoms in total. The zero-order chi connectivity index (χ0) is 20.3. The number of hydrogen-bond donors (Lipinski definition) is 1. The summed E-state index contributed by atoms with van der Waals surface area (Å²) in [7, 11) is -0.823. The summed E-state index contributed by atoms with van der Waals surface area (Å²) in [4.78, 5) is 24.1. The van der Waals surface area contributed by atoms with Gasteiger partial charge >= 0.3 is 0 Å². The molecule has 0 radical (unpaired) electrons. The summed E-state index contributed by atoms with van der Waals surface area (Å²) in [5.74, 6) is -0.374. The predicted molar refractivity (Wildman–Crippen MR) is 101 cm³/mol. The summed E-state index contributed by atoms with van der Waals surface area (Å²) in [6, 6.07) is 4.28. The molecule has 2 amide bonds. The van der Waals surface area contributed by atoms with Crippen LogP contribution in [-0.4, -0.2) is 75.7 Å². The third kappa shape index (κ3) is 4.16. The van der Waals surface area contributed by atoms with E-state index in [1.165, 1.54) is 36.7 Å². The largest absolute Gasteiger partial charge is 0.495 e. The summed E-state index contributed by atoms with van der Waals surface area (Å²) in [5.41, 5.74) is 0.398. The normalized spacial score (nSPS) is 18.6. The van der Waals surface area contributed by atoms with Gasteiger partial charge in [0.25, 0.3) is 5.91 Å². The van der Waals surface area contributed by atoms with Crippen LogP contribution in [-0.2, 0) is 24.3 Å². The predicted octanol–water partition coefficient (Wildman–Crippen LogP) is 0.263. The Morgan fingerprint density at radius 2 is 1.96 bits per heavy atom. The van der Waals surface area contributed by atoms with Gasteiger partial charge in [0, 0.05) is 33.0 Å². The van der Waals surface area contributed by atoms with E-state index >= 15 is 0 Å². The molecule has 0 atom stereocenters. The lowest BCUT2D eigenvalue weighted by Gasteiger charge is -2.26. The molecule has 1 saturated heterocycles. The fraction of sp³-hybridized carbons (Fsp3) is 0.471. The van der Waals surface area contributed by atoms with E-state index in [0.717, 1.165) is 5.01 Å². The number of sulfonamides is 1. The second-order valence-corrected chi connectivity index (χ2v) is 8.23. The first-order chi connectivity index (χ1) is 13.3. The molecule has 1 fully saturated rings. The molecule has 0 aliphatic carbocycles. The maximum absolute atomic E-state index is 12.9. The Morgan fingerprint density at radius 1 is 1.25 bits per heavy atom. The van der Waals surface area contributed by atoms with Gasteiger partial charge in [0.15, 0.2) is 0 Å². The number of benzene rings is 1. The Balaban J connectivity index is 1.86. The maximum atomic E-state index is 12.9. The third-order valence-corrected chi connectivity index (χ3v) is 6.39. The van der Waals surface area contributed by atoms with E-state index in [0.29, 0.717) is 19.0 Å². The first-order valence-electron chi connectivity index (χ1n) is 8.74. The van der Waals surface area contributed by atoms with E-state index in [1.807, 2.05) is 0 Å². The maximum Gasteiger partial charge on any atom is 0.271 e. The Labute approximate surface area is 163 Å². The SMILES string of the molecule is COc1ccc(S(=O)(=O)N2CCOCC2)cc1NC(=O)C1=NN(C)C(=O)CC1. The van der Waals surface area contributed by atoms with Gasteiger partial charge in [-0.1, -0.05) is 0 Å². The highest BCUT2D eigenvalue weighted by molar-refractivity contribution is 7.89. The van der Waals surface area contributed by atoms with Crippen molar-refractivity contribution in [3.63, 3.8) is 0 Å². The lowest BCUT2D eigenvalue weighted by Crippen LogP contribution is -2.40. The number of anilines is 1. The van der Waals surface area contributed by atoms with E-state index in [1.54, 1.807) is 0 Å². The second kappa shape index (κ2) is 8.25. The van der Waals surface area contributed by atoms with Crippen LogP contribution in [0, 0.1) is 0 Å². The molecule has 11 heteroatoms. The first kappa shape index (κ1) is 20.2. The van der Waals surface area contributed by atoms with Crippen LogP contribution < -0.4 is 10.1 Å². The molecule has 3 rings (SSSR count). The average Bonchev–Trinajstić information content (AvgIpc) is 2.70. The van der Waals surface area contributed by atoms with Crippen LogP contribution in [0.15, 0.2) is 28.2 Å². The highest BCUT2D eigenvalue weighted by Gasteiger charge is 2.28. The first-order valence-corrected chi connectivity index (χ1v) is 10.2. The fourth-order valence-electron chi connectivity index (χ4n) is 2.91. The van der Waals surface area contributed by atoms with Gasteiger partial charge < -0.3 is 14.8 Å². The average molecular weight is 410 g/mol. The number of methoxy groups -OCH3 is 1. The van der Waals surface area contributed by atoms with Crippen molar-refractivity contribution in [1.29, 1.82) is 0 Å². The molecule has 0 aromatic heterocycles. The van der Waals surface area contributed by atoms with Crippen molar-refractivity contribution in [2.24, 2.45) is 5.10 Å². The number of nitrogens with zero attached hydrogens (tertiary/aromatic N) is 3. The number of carbonyl (C=O) groups is 2. The van der Waals surface area contributed by atoms with Crippen LogP contribution in [0.3, 0.4) is 0 Å². The molecule has 0 saturated carbocycles. The van der Waals surface area contributed by atoms with E-state index in [4.69, 9.17) is 9.47 Å². The van der Waals surface area contributed by atoms with Gasteiger partial charge in [-0.15, -0.1) is 0 Å². The van der Waals surface area contributed by atoms with Gasteiger partial charge in [0.2, 0.25) is 15.9 Å². The van der Waals surface area contributed by atoms with Crippen molar-refractivity contribution in [2.75, 3.05) is 45.8 Å². The summed E-state index contributed by atoms with van der Waals surface area (Å²) in [6.07, 6.45) is 0.397. The highest BCUT2D eigenvalue weighted by Crippen LogP contribution is 2.29. The summed E-state index contributed by atoms with van der Waals surface area (Å²) < 4.78 is 37.5. The minimum absolute atomic E-state index is 0.0448. The number of hydrazone groups is 1. The monoisotopic (exact) mass is 410 g/mol. The topological polar surface area (TPSA) is 118 Å². The van der Waals surface area contributed by atoms with Gasteiger partial charge in [0.05, 0.1) is 30.9 Å². The van der Waals surface area contributed by atoms with Gasteiger partial charge in [-0.25, -0.2) is 13.4 Å². The molecule has 2 aliphatic rings.